The van der Waals surface area contributed by atoms with Gasteiger partial charge in [0.05, 0.1) is 6.42 Å². The van der Waals surface area contributed by atoms with Crippen LogP contribution in [0, 0.1) is 23.7 Å². The molecule has 0 aromatic carbocycles. The smallest absolute Gasteiger partial charge is 0.304 e. The SMILES string of the molecule is CCC/C=C/C(Br)=CCCCCCCC/C=C/C#CC#CCCC(=O)O. The second-order valence-electron chi connectivity index (χ2n) is 5.99. The van der Waals surface area contributed by atoms with Crippen molar-refractivity contribution in [3.63, 3.8) is 0 Å². The summed E-state index contributed by atoms with van der Waals surface area (Å²) in [5.41, 5.74) is 0. The first-order valence-corrected chi connectivity index (χ1v) is 10.3. The minimum Gasteiger partial charge on any atom is -0.481 e. The summed E-state index contributed by atoms with van der Waals surface area (Å²) < 4.78 is 1.20. The summed E-state index contributed by atoms with van der Waals surface area (Å²) in [6.07, 6.45) is 21.8. The maximum absolute atomic E-state index is 10.3. The molecule has 0 aromatic heterocycles. The second-order valence-corrected chi connectivity index (χ2v) is 6.91. The van der Waals surface area contributed by atoms with Gasteiger partial charge in [-0.1, -0.05) is 84.7 Å². The van der Waals surface area contributed by atoms with Gasteiger partial charge in [0.15, 0.2) is 0 Å². The molecule has 0 saturated carbocycles. The number of allylic oxidation sites excluding steroid dienone is 6. The van der Waals surface area contributed by atoms with Crippen LogP contribution >= 0.6 is 15.9 Å². The van der Waals surface area contributed by atoms with E-state index in [1.807, 2.05) is 6.08 Å². The molecule has 3 heteroatoms. The van der Waals surface area contributed by atoms with Gasteiger partial charge >= 0.3 is 5.97 Å². The van der Waals surface area contributed by atoms with Gasteiger partial charge in [-0.15, -0.1) is 0 Å². The van der Waals surface area contributed by atoms with E-state index in [1.54, 1.807) is 0 Å². The van der Waals surface area contributed by atoms with E-state index in [4.69, 9.17) is 5.11 Å². The Labute approximate surface area is 168 Å². The largest absolute Gasteiger partial charge is 0.481 e. The Bertz CT molecular complexity index is 577. The number of unbranched alkanes of at least 4 members (excludes halogenated alkanes) is 7. The van der Waals surface area contributed by atoms with Crippen LogP contribution in [0.1, 0.15) is 77.6 Å². The van der Waals surface area contributed by atoms with E-state index in [1.165, 1.54) is 43.0 Å². The summed E-state index contributed by atoms with van der Waals surface area (Å²) in [6, 6.07) is 0. The Morgan fingerprint density at radius 2 is 1.73 bits per heavy atom. The Balaban J connectivity index is 3.53. The van der Waals surface area contributed by atoms with Crippen LogP contribution in [-0.4, -0.2) is 11.1 Å². The van der Waals surface area contributed by atoms with Crippen LogP contribution in [0.2, 0.25) is 0 Å². The molecular formula is C23H31BrO2. The van der Waals surface area contributed by atoms with Gasteiger partial charge < -0.3 is 5.11 Å². The van der Waals surface area contributed by atoms with Crippen LogP contribution < -0.4 is 0 Å². The summed E-state index contributed by atoms with van der Waals surface area (Å²) in [6.45, 7) is 2.19. The zero-order chi connectivity index (χ0) is 19.3. The molecule has 0 radical (unpaired) electrons. The van der Waals surface area contributed by atoms with Crippen LogP contribution in [-0.2, 0) is 4.79 Å². The first-order valence-electron chi connectivity index (χ1n) is 9.54. The van der Waals surface area contributed by atoms with E-state index in [-0.39, 0.29) is 6.42 Å². The van der Waals surface area contributed by atoms with Crippen LogP contribution in [0.3, 0.4) is 0 Å². The molecule has 0 atom stereocenters. The summed E-state index contributed by atoms with van der Waals surface area (Å²) >= 11 is 3.58. The van der Waals surface area contributed by atoms with Crippen LogP contribution in [0.5, 0.6) is 0 Å². The maximum atomic E-state index is 10.3. The Kier molecular flexibility index (Phi) is 18.3. The van der Waals surface area contributed by atoms with Crippen LogP contribution in [0.15, 0.2) is 34.9 Å². The number of rotatable bonds is 13. The molecule has 0 aliphatic rings. The number of halogens is 1. The molecule has 26 heavy (non-hydrogen) atoms. The van der Waals surface area contributed by atoms with Gasteiger partial charge in [0, 0.05) is 10.9 Å². The summed E-state index contributed by atoms with van der Waals surface area (Å²) in [4.78, 5) is 10.3. The van der Waals surface area contributed by atoms with E-state index in [0.717, 1.165) is 19.3 Å². The molecule has 0 fully saturated rings. The zero-order valence-electron chi connectivity index (χ0n) is 15.9. The second kappa shape index (κ2) is 19.6. The maximum Gasteiger partial charge on any atom is 0.304 e. The normalized spacial score (nSPS) is 11.2. The van der Waals surface area contributed by atoms with Crippen molar-refractivity contribution >= 4 is 21.9 Å². The van der Waals surface area contributed by atoms with E-state index in [0.29, 0.717) is 6.42 Å². The molecule has 0 amide bonds. The van der Waals surface area contributed by atoms with Gasteiger partial charge in [0.25, 0.3) is 0 Å². The quantitative estimate of drug-likeness (QED) is 0.203. The van der Waals surface area contributed by atoms with Crippen molar-refractivity contribution in [2.45, 2.75) is 77.6 Å². The van der Waals surface area contributed by atoms with Gasteiger partial charge in [-0.25, -0.2) is 0 Å². The third-order valence-corrected chi connectivity index (χ3v) is 4.12. The molecule has 0 aliphatic heterocycles. The van der Waals surface area contributed by atoms with Crippen molar-refractivity contribution < 1.29 is 9.90 Å². The number of hydrogen-bond donors (Lipinski definition) is 1. The molecule has 0 aromatic rings. The first-order chi connectivity index (χ1) is 12.7. The minimum atomic E-state index is -0.823. The predicted octanol–water partition coefficient (Wildman–Crippen LogP) is 6.78. The fourth-order valence-corrected chi connectivity index (χ4v) is 2.52. The topological polar surface area (TPSA) is 37.3 Å². The number of carbonyl (C=O) groups is 1. The molecule has 1 N–H and O–H groups in total. The van der Waals surface area contributed by atoms with E-state index in [2.05, 4.69) is 70.8 Å². The summed E-state index contributed by atoms with van der Waals surface area (Å²) in [7, 11) is 0. The van der Waals surface area contributed by atoms with Crippen molar-refractivity contribution in [3.05, 3.63) is 34.9 Å². The van der Waals surface area contributed by atoms with Gasteiger partial charge in [-0.05, 0) is 50.0 Å². The Hall–Kier alpha value is -1.71. The lowest BCUT2D eigenvalue weighted by Crippen LogP contribution is -1.91. The van der Waals surface area contributed by atoms with E-state index in [9.17, 15) is 4.79 Å². The molecule has 0 spiro atoms. The fourth-order valence-electron chi connectivity index (χ4n) is 2.10. The zero-order valence-corrected chi connectivity index (χ0v) is 17.5. The highest BCUT2D eigenvalue weighted by Gasteiger charge is 1.91. The molecule has 2 nitrogen and oxygen atoms in total. The van der Waals surface area contributed by atoms with Crippen LogP contribution in [0.4, 0.5) is 0 Å². The average molecular weight is 419 g/mol. The fraction of sp³-hybridized carbons (Fsp3) is 0.522. The van der Waals surface area contributed by atoms with Gasteiger partial charge in [0.2, 0.25) is 0 Å². The molecular weight excluding hydrogens is 388 g/mol. The highest BCUT2D eigenvalue weighted by atomic mass is 79.9. The van der Waals surface area contributed by atoms with Crippen molar-refractivity contribution in [3.8, 4) is 23.7 Å². The lowest BCUT2D eigenvalue weighted by Gasteiger charge is -1.98. The summed E-state index contributed by atoms with van der Waals surface area (Å²) in [5, 5.41) is 8.45. The van der Waals surface area contributed by atoms with Crippen molar-refractivity contribution in [2.24, 2.45) is 0 Å². The molecule has 0 rings (SSSR count). The lowest BCUT2D eigenvalue weighted by atomic mass is 10.1. The highest BCUT2D eigenvalue weighted by Crippen LogP contribution is 2.13. The van der Waals surface area contributed by atoms with E-state index < -0.39 is 5.97 Å². The molecule has 0 aliphatic carbocycles. The van der Waals surface area contributed by atoms with Crippen molar-refractivity contribution in [1.82, 2.24) is 0 Å². The third-order valence-electron chi connectivity index (χ3n) is 3.53. The first kappa shape index (κ1) is 24.3. The standard InChI is InChI=1S/C23H31BrO2/c1-2-3-16-19-22(24)20-17-14-12-10-8-6-4-5-7-9-11-13-15-18-21-23(25)26/h5,7,16,19-20H,2-4,6,8,10,12,14,17-18,21H2,1H3,(H,25,26)/b7-5+,19-16+,22-20?. The molecule has 0 heterocycles. The molecule has 0 saturated heterocycles. The third kappa shape index (κ3) is 20.3. The van der Waals surface area contributed by atoms with Crippen molar-refractivity contribution in [2.75, 3.05) is 0 Å². The Morgan fingerprint density at radius 1 is 1.00 bits per heavy atom. The number of carboxylic acids is 1. The minimum absolute atomic E-state index is 0.0775. The number of carboxylic acid groups (broad SMARTS) is 1. The monoisotopic (exact) mass is 418 g/mol. The number of hydrogen-bond acceptors (Lipinski definition) is 1. The Morgan fingerprint density at radius 3 is 2.46 bits per heavy atom. The summed E-state index contributed by atoms with van der Waals surface area (Å²) in [5.74, 6) is 10.1. The van der Waals surface area contributed by atoms with Gasteiger partial charge in [-0.3, -0.25) is 4.79 Å². The number of aliphatic carboxylic acids is 1. The lowest BCUT2D eigenvalue weighted by molar-refractivity contribution is -0.136. The van der Waals surface area contributed by atoms with Crippen LogP contribution in [0.25, 0.3) is 0 Å². The predicted molar refractivity (Wildman–Crippen MR) is 115 cm³/mol. The molecule has 0 bridgehead atoms. The van der Waals surface area contributed by atoms with Crippen molar-refractivity contribution in [1.29, 1.82) is 0 Å². The van der Waals surface area contributed by atoms with Gasteiger partial charge in [0.1, 0.15) is 0 Å². The van der Waals surface area contributed by atoms with Gasteiger partial charge in [-0.2, -0.15) is 0 Å². The molecule has 142 valence electrons. The average Bonchev–Trinajstić information content (AvgIpc) is 2.61. The van der Waals surface area contributed by atoms with E-state index >= 15 is 0 Å². The highest BCUT2D eigenvalue weighted by molar-refractivity contribution is 9.11. The molecule has 0 unspecified atom stereocenters.